The van der Waals surface area contributed by atoms with Crippen molar-refractivity contribution in [2.75, 3.05) is 19.6 Å². The lowest BCUT2D eigenvalue weighted by Crippen LogP contribution is -2.43. The summed E-state index contributed by atoms with van der Waals surface area (Å²) in [6.45, 7) is 6.61. The Morgan fingerprint density at radius 2 is 1.69 bits per heavy atom. The van der Waals surface area contributed by atoms with Gasteiger partial charge in [0.15, 0.2) is 0 Å². The number of hydrogen-bond donors (Lipinski definition) is 6. The Morgan fingerprint density at radius 1 is 0.923 bits per heavy atom. The second kappa shape index (κ2) is 15.4. The molecule has 2 aromatic heterocycles. The SMILES string of the molecule is CCCCN(Cc1ncc(-c2ccc3c(c2)COc2cc4c(ccc5nc(CN(C(=O)CNC(=O)O)[C@@H](C)CC)[nH]c54)cc2-3)[nH]1)C(=O)CNC(=O)O. The third-order valence-electron chi connectivity index (χ3n) is 9.36. The lowest BCUT2D eigenvalue weighted by atomic mass is 9.92. The first-order chi connectivity index (χ1) is 25.0. The number of H-pyrrole nitrogens is 2. The van der Waals surface area contributed by atoms with Crippen LogP contribution in [0.4, 0.5) is 9.59 Å². The van der Waals surface area contributed by atoms with Crippen LogP contribution in [0.25, 0.3) is 44.2 Å². The summed E-state index contributed by atoms with van der Waals surface area (Å²) in [5.41, 5.74) is 6.30. The van der Waals surface area contributed by atoms with Gasteiger partial charge in [0.05, 0.1) is 36.0 Å². The van der Waals surface area contributed by atoms with Crippen molar-refractivity contribution in [2.24, 2.45) is 0 Å². The summed E-state index contributed by atoms with van der Waals surface area (Å²) in [4.78, 5) is 66.7. The van der Waals surface area contributed by atoms with E-state index in [9.17, 15) is 19.2 Å². The summed E-state index contributed by atoms with van der Waals surface area (Å²) < 4.78 is 6.29. The number of fused-ring (bicyclic) bond motifs is 6. The molecule has 0 aliphatic carbocycles. The number of nitrogens with one attached hydrogen (secondary N) is 4. The predicted molar refractivity (Wildman–Crippen MR) is 194 cm³/mol. The van der Waals surface area contributed by atoms with E-state index in [0.717, 1.165) is 68.3 Å². The molecule has 3 heterocycles. The Labute approximate surface area is 299 Å². The van der Waals surface area contributed by atoms with Crippen molar-refractivity contribution in [1.82, 2.24) is 40.4 Å². The molecule has 3 aromatic carbocycles. The van der Waals surface area contributed by atoms with Crippen LogP contribution in [-0.4, -0.2) is 89.6 Å². The molecule has 6 rings (SSSR count). The molecule has 15 heteroatoms. The van der Waals surface area contributed by atoms with E-state index in [4.69, 9.17) is 19.9 Å². The Morgan fingerprint density at radius 3 is 2.42 bits per heavy atom. The average Bonchev–Trinajstić information content (AvgIpc) is 3.79. The molecule has 0 saturated carbocycles. The Kier molecular flexibility index (Phi) is 10.6. The van der Waals surface area contributed by atoms with Crippen LogP contribution in [-0.2, 0) is 29.3 Å². The zero-order valence-electron chi connectivity index (χ0n) is 29.3. The number of carbonyl (C=O) groups is 4. The first-order valence-electron chi connectivity index (χ1n) is 17.3. The van der Waals surface area contributed by atoms with Gasteiger partial charge in [0.1, 0.15) is 37.1 Å². The number of carbonyl (C=O) groups excluding carboxylic acids is 2. The van der Waals surface area contributed by atoms with Gasteiger partial charge < -0.3 is 45.4 Å². The second-order valence-electron chi connectivity index (χ2n) is 12.9. The van der Waals surface area contributed by atoms with Crippen LogP contribution in [0.3, 0.4) is 0 Å². The van der Waals surface area contributed by atoms with Gasteiger partial charge in [-0.05, 0) is 66.1 Å². The van der Waals surface area contributed by atoms with Crippen molar-refractivity contribution < 1.29 is 34.1 Å². The first kappa shape index (κ1) is 35.7. The first-order valence-corrected chi connectivity index (χ1v) is 17.3. The number of aromatic amines is 2. The molecule has 1 atom stereocenters. The maximum Gasteiger partial charge on any atom is 0.405 e. The van der Waals surface area contributed by atoms with Crippen molar-refractivity contribution in [3.63, 3.8) is 0 Å². The number of benzene rings is 3. The highest BCUT2D eigenvalue weighted by Crippen LogP contribution is 2.42. The molecule has 5 aromatic rings. The van der Waals surface area contributed by atoms with Gasteiger partial charge in [0, 0.05) is 23.5 Å². The molecule has 0 fully saturated rings. The van der Waals surface area contributed by atoms with Gasteiger partial charge in [-0.1, -0.05) is 38.5 Å². The number of hydrogen-bond acceptors (Lipinski definition) is 7. The van der Waals surface area contributed by atoms with E-state index >= 15 is 0 Å². The summed E-state index contributed by atoms with van der Waals surface area (Å²) in [6, 6.07) is 14.1. The molecule has 6 N–H and O–H groups in total. The largest absolute Gasteiger partial charge is 0.488 e. The van der Waals surface area contributed by atoms with E-state index < -0.39 is 12.2 Å². The molecule has 1 aliphatic heterocycles. The van der Waals surface area contributed by atoms with Gasteiger partial charge >= 0.3 is 12.2 Å². The van der Waals surface area contributed by atoms with E-state index in [1.165, 1.54) is 0 Å². The average molecular weight is 711 g/mol. The number of unbranched alkanes of at least 4 members (excludes halogenated alkanes) is 1. The van der Waals surface area contributed by atoms with Crippen molar-refractivity contribution in [1.29, 1.82) is 0 Å². The number of aromatic nitrogens is 4. The molecule has 15 nitrogen and oxygen atoms in total. The third-order valence-corrected chi connectivity index (χ3v) is 9.36. The smallest absolute Gasteiger partial charge is 0.405 e. The second-order valence-corrected chi connectivity index (χ2v) is 12.9. The van der Waals surface area contributed by atoms with Crippen molar-refractivity contribution in [3.8, 4) is 28.1 Å². The zero-order chi connectivity index (χ0) is 36.9. The van der Waals surface area contributed by atoms with Crippen LogP contribution in [0.1, 0.15) is 57.2 Å². The van der Waals surface area contributed by atoms with Crippen molar-refractivity contribution >= 4 is 45.8 Å². The van der Waals surface area contributed by atoms with E-state index in [2.05, 4.69) is 43.8 Å². The van der Waals surface area contributed by atoms with Gasteiger partial charge in [-0.2, -0.15) is 0 Å². The molecule has 0 radical (unpaired) electrons. The van der Waals surface area contributed by atoms with Crippen LogP contribution >= 0.6 is 0 Å². The summed E-state index contributed by atoms with van der Waals surface area (Å²) in [5, 5.41) is 24.1. The molecule has 0 saturated heterocycles. The summed E-state index contributed by atoms with van der Waals surface area (Å²) in [7, 11) is 0. The fourth-order valence-corrected chi connectivity index (χ4v) is 6.39. The molecular weight excluding hydrogens is 668 g/mol. The molecular formula is C37H42N8O7. The van der Waals surface area contributed by atoms with Gasteiger partial charge in [0.2, 0.25) is 11.8 Å². The van der Waals surface area contributed by atoms with Crippen LogP contribution in [0.15, 0.2) is 48.7 Å². The number of carboxylic acid groups (broad SMARTS) is 2. The molecule has 0 unspecified atom stereocenters. The molecule has 272 valence electrons. The third kappa shape index (κ3) is 7.77. The molecule has 4 amide bonds. The Balaban J connectivity index is 1.22. The van der Waals surface area contributed by atoms with Gasteiger partial charge in [-0.15, -0.1) is 0 Å². The lowest BCUT2D eigenvalue weighted by molar-refractivity contribution is -0.133. The highest BCUT2D eigenvalue weighted by molar-refractivity contribution is 6.07. The van der Waals surface area contributed by atoms with Crippen LogP contribution in [0.5, 0.6) is 5.75 Å². The number of rotatable bonds is 14. The Hall–Kier alpha value is -6.12. The van der Waals surface area contributed by atoms with E-state index in [1.807, 2.05) is 45.0 Å². The quantitative estimate of drug-likeness (QED) is 0.0865. The summed E-state index contributed by atoms with van der Waals surface area (Å²) in [5.74, 6) is 1.30. The molecule has 0 spiro atoms. The van der Waals surface area contributed by atoms with E-state index in [1.54, 1.807) is 16.0 Å². The molecule has 52 heavy (non-hydrogen) atoms. The number of imidazole rings is 2. The highest BCUT2D eigenvalue weighted by atomic mass is 16.5. The fourth-order valence-electron chi connectivity index (χ4n) is 6.39. The van der Waals surface area contributed by atoms with Crippen molar-refractivity contribution in [3.05, 3.63) is 65.9 Å². The number of ether oxygens (including phenoxy) is 1. The minimum Gasteiger partial charge on any atom is -0.488 e. The fraction of sp³-hybridized carbons (Fsp3) is 0.351. The van der Waals surface area contributed by atoms with E-state index in [0.29, 0.717) is 31.2 Å². The Bertz CT molecular complexity index is 2140. The van der Waals surface area contributed by atoms with Gasteiger partial charge in [0.25, 0.3) is 0 Å². The van der Waals surface area contributed by atoms with Crippen LogP contribution in [0, 0.1) is 0 Å². The van der Waals surface area contributed by atoms with Gasteiger partial charge in [-0.3, -0.25) is 9.59 Å². The molecule has 0 bridgehead atoms. The maximum absolute atomic E-state index is 12.9. The normalized spacial score (nSPS) is 12.4. The van der Waals surface area contributed by atoms with E-state index in [-0.39, 0.29) is 44.0 Å². The number of nitrogens with zero attached hydrogens (tertiary/aromatic N) is 4. The maximum atomic E-state index is 12.9. The monoisotopic (exact) mass is 710 g/mol. The predicted octanol–water partition coefficient (Wildman–Crippen LogP) is 5.46. The van der Waals surface area contributed by atoms with Crippen molar-refractivity contribution in [2.45, 2.75) is 65.8 Å². The van der Waals surface area contributed by atoms with Crippen LogP contribution in [0.2, 0.25) is 0 Å². The minimum absolute atomic E-state index is 0.115. The zero-order valence-corrected chi connectivity index (χ0v) is 29.3. The number of amides is 4. The molecule has 1 aliphatic rings. The lowest BCUT2D eigenvalue weighted by Gasteiger charge is -2.27. The van der Waals surface area contributed by atoms with Gasteiger partial charge in [-0.25, -0.2) is 19.6 Å². The summed E-state index contributed by atoms with van der Waals surface area (Å²) >= 11 is 0. The summed E-state index contributed by atoms with van der Waals surface area (Å²) in [6.07, 6.45) is 1.62. The minimum atomic E-state index is -1.25. The standard InChI is InChI=1S/C37H42N8O7/c1-4-6-11-44(33(46)16-39-36(48)49)18-31-38-15-29(42-31)23-7-9-25-24(12-23)20-52-30-14-26-22(13-27(25)30)8-10-28-35(26)43-32(41-28)19-45(21(3)5-2)34(47)17-40-37(50)51/h7-10,12-15,21,39-40H,4-6,11,16-20H2,1-3H3,(H,38,42)(H,41,43)(H,48,49)(H,50,51)/t21-/m0/s1. The van der Waals surface area contributed by atoms with Crippen LogP contribution < -0.4 is 15.4 Å². The highest BCUT2D eigenvalue weighted by Gasteiger charge is 2.24. The topological polar surface area (TPSA) is 206 Å².